The monoisotopic (exact) mass is 369 g/mol. The van der Waals surface area contributed by atoms with Crippen LogP contribution in [0.3, 0.4) is 0 Å². The van der Waals surface area contributed by atoms with Gasteiger partial charge in [-0.1, -0.05) is 12.1 Å². The molecule has 2 aliphatic heterocycles. The molecule has 0 radical (unpaired) electrons. The molecule has 1 saturated heterocycles. The highest BCUT2D eigenvalue weighted by molar-refractivity contribution is 5.90. The quantitative estimate of drug-likeness (QED) is 0.657. The number of nitro benzene ring substituents is 1. The first-order valence-corrected chi connectivity index (χ1v) is 8.83. The van der Waals surface area contributed by atoms with Gasteiger partial charge >= 0.3 is 6.03 Å². The lowest BCUT2D eigenvalue weighted by Crippen LogP contribution is -2.34. The molecule has 1 atom stereocenters. The van der Waals surface area contributed by atoms with E-state index in [0.29, 0.717) is 31.2 Å². The van der Waals surface area contributed by atoms with E-state index in [9.17, 15) is 14.9 Å². The number of carbonyl (C=O) groups is 1. The fraction of sp³-hybridized carbons (Fsp3) is 0.316. The van der Waals surface area contributed by atoms with Crippen LogP contribution in [0, 0.1) is 10.1 Å². The molecule has 2 aromatic rings. The molecule has 140 valence electrons. The predicted molar refractivity (Wildman–Crippen MR) is 98.2 cm³/mol. The lowest BCUT2D eigenvalue weighted by Gasteiger charge is -2.27. The molecule has 8 heteroatoms. The number of ether oxygens (including phenoxy) is 2. The average Bonchev–Trinajstić information content (AvgIpc) is 3.18. The zero-order valence-corrected chi connectivity index (χ0v) is 14.6. The van der Waals surface area contributed by atoms with Crippen LogP contribution in [-0.4, -0.2) is 35.6 Å². The van der Waals surface area contributed by atoms with Gasteiger partial charge in [0.2, 0.25) is 0 Å². The Morgan fingerprint density at radius 1 is 1.15 bits per heavy atom. The van der Waals surface area contributed by atoms with Crippen molar-refractivity contribution in [3.63, 3.8) is 0 Å². The summed E-state index contributed by atoms with van der Waals surface area (Å²) in [7, 11) is 0. The molecule has 2 aliphatic rings. The predicted octanol–water partition coefficient (Wildman–Crippen LogP) is 3.74. The van der Waals surface area contributed by atoms with Gasteiger partial charge in [0, 0.05) is 24.4 Å². The Morgan fingerprint density at radius 2 is 1.96 bits per heavy atom. The number of anilines is 1. The molecular formula is C19H19N3O5. The molecule has 4 rings (SSSR count). The Morgan fingerprint density at radius 3 is 2.78 bits per heavy atom. The van der Waals surface area contributed by atoms with E-state index in [1.54, 1.807) is 17.0 Å². The van der Waals surface area contributed by atoms with Crippen LogP contribution < -0.4 is 14.8 Å². The zero-order valence-electron chi connectivity index (χ0n) is 14.6. The van der Waals surface area contributed by atoms with E-state index in [-0.39, 0.29) is 17.8 Å². The maximum Gasteiger partial charge on any atom is 0.322 e. The Balaban J connectivity index is 1.52. The van der Waals surface area contributed by atoms with Crippen molar-refractivity contribution in [2.45, 2.75) is 18.9 Å². The maximum atomic E-state index is 12.8. The smallest absolute Gasteiger partial charge is 0.322 e. The van der Waals surface area contributed by atoms with Gasteiger partial charge < -0.3 is 19.7 Å². The molecule has 0 spiro atoms. The number of likely N-dealkylation sites (tertiary alicyclic amines) is 1. The van der Waals surface area contributed by atoms with Gasteiger partial charge in [-0.25, -0.2) is 4.79 Å². The molecule has 2 aromatic carbocycles. The fourth-order valence-electron chi connectivity index (χ4n) is 3.52. The summed E-state index contributed by atoms with van der Waals surface area (Å²) < 4.78 is 11.2. The lowest BCUT2D eigenvalue weighted by molar-refractivity contribution is -0.384. The standard InChI is InChI=1S/C19H19N3O5/c23-19(20-14-3-1-4-15(12-14)22(24)25)21-8-2-5-16(21)13-6-7-17-18(11-13)27-10-9-26-17/h1,3-4,6-7,11-12,16H,2,5,8-10H2,(H,20,23). The Kier molecular flexibility index (Phi) is 4.53. The number of nitrogens with zero attached hydrogens (tertiary/aromatic N) is 2. The molecule has 2 amide bonds. The summed E-state index contributed by atoms with van der Waals surface area (Å²) in [6.07, 6.45) is 1.74. The summed E-state index contributed by atoms with van der Waals surface area (Å²) in [5.41, 5.74) is 1.34. The topological polar surface area (TPSA) is 93.9 Å². The van der Waals surface area contributed by atoms with E-state index in [4.69, 9.17) is 9.47 Å². The van der Waals surface area contributed by atoms with Crippen molar-refractivity contribution >= 4 is 17.4 Å². The molecule has 8 nitrogen and oxygen atoms in total. The van der Waals surface area contributed by atoms with Crippen LogP contribution in [0.15, 0.2) is 42.5 Å². The van der Waals surface area contributed by atoms with Gasteiger partial charge in [0.25, 0.3) is 5.69 Å². The lowest BCUT2D eigenvalue weighted by atomic mass is 10.0. The van der Waals surface area contributed by atoms with Crippen LogP contribution in [0.4, 0.5) is 16.2 Å². The number of carbonyl (C=O) groups excluding carboxylic acids is 1. The van der Waals surface area contributed by atoms with Gasteiger partial charge in [-0.05, 0) is 36.6 Å². The molecule has 1 unspecified atom stereocenters. The highest BCUT2D eigenvalue weighted by Gasteiger charge is 2.31. The van der Waals surface area contributed by atoms with E-state index in [1.165, 1.54) is 12.1 Å². The SMILES string of the molecule is O=C(Nc1cccc([N+](=O)[O-])c1)N1CCCC1c1ccc2c(c1)OCCO2. The highest BCUT2D eigenvalue weighted by Crippen LogP contribution is 2.38. The highest BCUT2D eigenvalue weighted by atomic mass is 16.6. The average molecular weight is 369 g/mol. The van der Waals surface area contributed by atoms with Crippen molar-refractivity contribution in [3.05, 3.63) is 58.1 Å². The number of rotatable bonds is 3. The minimum atomic E-state index is -0.483. The zero-order chi connectivity index (χ0) is 18.8. The van der Waals surface area contributed by atoms with Crippen molar-refractivity contribution in [1.29, 1.82) is 0 Å². The number of hydrogen-bond donors (Lipinski definition) is 1. The Bertz CT molecular complexity index is 885. The minimum Gasteiger partial charge on any atom is -0.486 e. The van der Waals surface area contributed by atoms with Crippen molar-refractivity contribution in [1.82, 2.24) is 4.90 Å². The summed E-state index contributed by atoms with van der Waals surface area (Å²) >= 11 is 0. The van der Waals surface area contributed by atoms with Gasteiger partial charge in [-0.15, -0.1) is 0 Å². The first-order valence-electron chi connectivity index (χ1n) is 8.83. The molecule has 0 saturated carbocycles. The first kappa shape index (κ1) is 17.1. The third-order valence-corrected chi connectivity index (χ3v) is 4.77. The van der Waals surface area contributed by atoms with Crippen molar-refractivity contribution < 1.29 is 19.2 Å². The van der Waals surface area contributed by atoms with Crippen LogP contribution in [0.25, 0.3) is 0 Å². The number of amides is 2. The maximum absolute atomic E-state index is 12.8. The molecule has 1 fully saturated rings. The third kappa shape index (κ3) is 3.51. The number of non-ortho nitro benzene ring substituents is 1. The molecule has 0 aliphatic carbocycles. The Labute approximate surface area is 155 Å². The second kappa shape index (κ2) is 7.14. The van der Waals surface area contributed by atoms with Crippen LogP contribution in [0.2, 0.25) is 0 Å². The van der Waals surface area contributed by atoms with E-state index in [1.807, 2.05) is 18.2 Å². The fourth-order valence-corrected chi connectivity index (χ4v) is 3.52. The summed E-state index contributed by atoms with van der Waals surface area (Å²) in [5.74, 6) is 1.42. The number of nitro groups is 1. The number of benzene rings is 2. The molecule has 0 bridgehead atoms. The molecule has 27 heavy (non-hydrogen) atoms. The largest absolute Gasteiger partial charge is 0.486 e. The van der Waals surface area contributed by atoms with Gasteiger partial charge in [0.15, 0.2) is 11.5 Å². The van der Waals surface area contributed by atoms with Crippen LogP contribution in [0.1, 0.15) is 24.4 Å². The third-order valence-electron chi connectivity index (χ3n) is 4.77. The van der Waals surface area contributed by atoms with Gasteiger partial charge in [-0.3, -0.25) is 10.1 Å². The summed E-state index contributed by atoms with van der Waals surface area (Å²) in [6, 6.07) is 11.4. The van der Waals surface area contributed by atoms with Crippen molar-refractivity contribution in [3.8, 4) is 11.5 Å². The van der Waals surface area contributed by atoms with E-state index < -0.39 is 4.92 Å². The van der Waals surface area contributed by atoms with Crippen LogP contribution in [-0.2, 0) is 0 Å². The normalized spacial score (nSPS) is 18.2. The summed E-state index contributed by atoms with van der Waals surface area (Å²) in [6.45, 7) is 1.67. The van der Waals surface area contributed by atoms with Crippen LogP contribution in [0.5, 0.6) is 11.5 Å². The molecule has 2 heterocycles. The second-order valence-electron chi connectivity index (χ2n) is 6.49. The molecule has 1 N–H and O–H groups in total. The van der Waals surface area contributed by atoms with Gasteiger partial charge in [-0.2, -0.15) is 0 Å². The summed E-state index contributed by atoms with van der Waals surface area (Å²) in [5, 5.41) is 13.7. The second-order valence-corrected chi connectivity index (χ2v) is 6.49. The van der Waals surface area contributed by atoms with Crippen molar-refractivity contribution in [2.24, 2.45) is 0 Å². The van der Waals surface area contributed by atoms with E-state index in [0.717, 1.165) is 24.2 Å². The van der Waals surface area contributed by atoms with Gasteiger partial charge in [0.1, 0.15) is 13.2 Å². The van der Waals surface area contributed by atoms with Crippen molar-refractivity contribution in [2.75, 3.05) is 25.1 Å². The minimum absolute atomic E-state index is 0.0578. The Hall–Kier alpha value is -3.29. The molecular weight excluding hydrogens is 350 g/mol. The van der Waals surface area contributed by atoms with Gasteiger partial charge in [0.05, 0.1) is 11.0 Å². The summed E-state index contributed by atoms with van der Waals surface area (Å²) in [4.78, 5) is 24.9. The number of nitrogens with one attached hydrogen (secondary N) is 1. The van der Waals surface area contributed by atoms with Crippen LogP contribution >= 0.6 is 0 Å². The number of hydrogen-bond acceptors (Lipinski definition) is 5. The molecule has 0 aromatic heterocycles. The number of fused-ring (bicyclic) bond motifs is 1. The van der Waals surface area contributed by atoms with E-state index in [2.05, 4.69) is 5.32 Å². The van der Waals surface area contributed by atoms with E-state index >= 15 is 0 Å². The first-order chi connectivity index (χ1) is 13.1. The number of urea groups is 1.